The maximum absolute atomic E-state index is 12.0. The number of aryl methyl sites for hydroxylation is 1. The molecule has 0 saturated carbocycles. The average Bonchev–Trinajstić information content (AvgIpc) is 2.94. The topological polar surface area (TPSA) is 68.3 Å². The first-order chi connectivity index (χ1) is 11.5. The van der Waals surface area contributed by atoms with Crippen molar-refractivity contribution >= 4 is 38.4 Å². The summed E-state index contributed by atoms with van der Waals surface area (Å²) in [4.78, 5) is 27.7. The molecule has 6 heteroatoms. The summed E-state index contributed by atoms with van der Waals surface area (Å²) in [6.45, 7) is 3.36. The van der Waals surface area contributed by atoms with Crippen LogP contribution in [0.15, 0.2) is 42.5 Å². The van der Waals surface area contributed by atoms with E-state index in [1.807, 2.05) is 25.1 Å². The molecule has 0 saturated heterocycles. The van der Waals surface area contributed by atoms with Gasteiger partial charge >= 0.3 is 0 Å². The lowest BCUT2D eigenvalue weighted by Crippen LogP contribution is -2.20. The molecule has 1 amide bonds. The number of nitrogens with zero attached hydrogens (tertiary/aromatic N) is 1. The Morgan fingerprint density at radius 2 is 2.04 bits per heavy atom. The molecule has 3 rings (SSSR count). The largest absolute Gasteiger partial charge is 0.484 e. The second-order valence-electron chi connectivity index (χ2n) is 5.41. The number of benzene rings is 2. The van der Waals surface area contributed by atoms with Crippen molar-refractivity contribution in [3.05, 3.63) is 53.6 Å². The number of nitrogens with one attached hydrogen (secondary N) is 1. The van der Waals surface area contributed by atoms with Gasteiger partial charge in [0.15, 0.2) is 17.5 Å². The number of ketones is 1. The van der Waals surface area contributed by atoms with Crippen LogP contribution in [0.3, 0.4) is 0 Å². The van der Waals surface area contributed by atoms with Crippen LogP contribution in [0.2, 0.25) is 0 Å². The van der Waals surface area contributed by atoms with Gasteiger partial charge in [-0.15, -0.1) is 0 Å². The molecule has 0 aliphatic carbocycles. The van der Waals surface area contributed by atoms with Gasteiger partial charge in [-0.25, -0.2) is 4.98 Å². The zero-order valence-corrected chi connectivity index (χ0v) is 14.1. The molecule has 0 aliphatic heterocycles. The number of hydrogen-bond acceptors (Lipinski definition) is 5. The fourth-order valence-electron chi connectivity index (χ4n) is 2.19. The number of fused-ring (bicyclic) bond motifs is 1. The van der Waals surface area contributed by atoms with E-state index in [0.29, 0.717) is 16.4 Å². The Kier molecular flexibility index (Phi) is 4.57. The van der Waals surface area contributed by atoms with Crippen LogP contribution in [-0.2, 0) is 4.79 Å². The van der Waals surface area contributed by atoms with Crippen LogP contribution in [-0.4, -0.2) is 23.3 Å². The van der Waals surface area contributed by atoms with E-state index in [-0.39, 0.29) is 18.3 Å². The molecule has 3 aromatic rings. The lowest BCUT2D eigenvalue weighted by atomic mass is 10.1. The highest BCUT2D eigenvalue weighted by molar-refractivity contribution is 7.22. The van der Waals surface area contributed by atoms with Crippen LogP contribution in [0.1, 0.15) is 22.8 Å². The van der Waals surface area contributed by atoms with Gasteiger partial charge in [-0.2, -0.15) is 0 Å². The monoisotopic (exact) mass is 340 g/mol. The third-order valence-corrected chi connectivity index (χ3v) is 4.33. The van der Waals surface area contributed by atoms with Crippen molar-refractivity contribution < 1.29 is 14.3 Å². The van der Waals surface area contributed by atoms with Gasteiger partial charge in [0.05, 0.1) is 10.2 Å². The van der Waals surface area contributed by atoms with Gasteiger partial charge in [0.2, 0.25) is 0 Å². The Morgan fingerprint density at radius 1 is 1.21 bits per heavy atom. The SMILES string of the molecule is CC(=O)c1cccc(OCC(=O)Nc2nc3ccc(C)cc3s2)c1. The van der Waals surface area contributed by atoms with Crippen LogP contribution < -0.4 is 10.1 Å². The first-order valence-corrected chi connectivity index (χ1v) is 8.24. The quantitative estimate of drug-likeness (QED) is 0.717. The fourth-order valence-corrected chi connectivity index (χ4v) is 3.17. The van der Waals surface area contributed by atoms with Crippen molar-refractivity contribution in [1.29, 1.82) is 0 Å². The third-order valence-electron chi connectivity index (χ3n) is 3.40. The van der Waals surface area contributed by atoms with Gasteiger partial charge in [-0.1, -0.05) is 29.5 Å². The van der Waals surface area contributed by atoms with E-state index in [9.17, 15) is 9.59 Å². The minimum atomic E-state index is -0.293. The molecule has 0 unspecified atom stereocenters. The van der Waals surface area contributed by atoms with Crippen molar-refractivity contribution in [1.82, 2.24) is 4.98 Å². The summed E-state index contributed by atoms with van der Waals surface area (Å²) in [7, 11) is 0. The average molecular weight is 340 g/mol. The van der Waals surface area contributed by atoms with E-state index >= 15 is 0 Å². The first-order valence-electron chi connectivity index (χ1n) is 7.42. The van der Waals surface area contributed by atoms with Crippen LogP contribution in [0, 0.1) is 6.92 Å². The highest BCUT2D eigenvalue weighted by Crippen LogP contribution is 2.26. The van der Waals surface area contributed by atoms with E-state index in [2.05, 4.69) is 10.3 Å². The first kappa shape index (κ1) is 16.1. The van der Waals surface area contributed by atoms with E-state index in [4.69, 9.17) is 4.74 Å². The number of amides is 1. The number of carbonyl (C=O) groups is 2. The smallest absolute Gasteiger partial charge is 0.264 e. The third kappa shape index (κ3) is 3.78. The second-order valence-corrected chi connectivity index (χ2v) is 6.44. The van der Waals surface area contributed by atoms with Gasteiger partial charge in [-0.05, 0) is 43.7 Å². The van der Waals surface area contributed by atoms with Gasteiger partial charge in [0, 0.05) is 5.56 Å². The Morgan fingerprint density at radius 3 is 2.83 bits per heavy atom. The summed E-state index contributed by atoms with van der Waals surface area (Å²) >= 11 is 1.42. The normalized spacial score (nSPS) is 10.6. The molecule has 2 aromatic carbocycles. The maximum Gasteiger partial charge on any atom is 0.264 e. The fraction of sp³-hybridized carbons (Fsp3) is 0.167. The predicted molar refractivity (Wildman–Crippen MR) is 94.9 cm³/mol. The zero-order valence-electron chi connectivity index (χ0n) is 13.3. The summed E-state index contributed by atoms with van der Waals surface area (Å²) in [5.74, 6) is 0.145. The molecule has 1 N–H and O–H groups in total. The minimum absolute atomic E-state index is 0.0466. The summed E-state index contributed by atoms with van der Waals surface area (Å²) in [6, 6.07) is 12.7. The number of ether oxygens (including phenoxy) is 1. The maximum atomic E-state index is 12.0. The molecular formula is C18H16N2O3S. The van der Waals surface area contributed by atoms with Crippen LogP contribution >= 0.6 is 11.3 Å². The number of anilines is 1. The van der Waals surface area contributed by atoms with Crippen molar-refractivity contribution in [2.45, 2.75) is 13.8 Å². The summed E-state index contributed by atoms with van der Waals surface area (Å²) in [6.07, 6.45) is 0. The van der Waals surface area contributed by atoms with Gasteiger partial charge in [-0.3, -0.25) is 14.9 Å². The molecule has 0 aliphatic rings. The number of hydrogen-bond donors (Lipinski definition) is 1. The Hall–Kier alpha value is -2.73. The van der Waals surface area contributed by atoms with Crippen molar-refractivity contribution in [3.63, 3.8) is 0 Å². The number of rotatable bonds is 5. The zero-order chi connectivity index (χ0) is 17.1. The van der Waals surface area contributed by atoms with E-state index in [0.717, 1.165) is 15.8 Å². The molecule has 1 heterocycles. The van der Waals surface area contributed by atoms with Gasteiger partial charge < -0.3 is 4.74 Å². The number of aromatic nitrogens is 1. The molecule has 1 aromatic heterocycles. The standard InChI is InChI=1S/C18H16N2O3S/c1-11-6-7-15-16(8-11)24-18(19-15)20-17(22)10-23-14-5-3-4-13(9-14)12(2)21/h3-9H,10H2,1-2H3,(H,19,20,22). The van der Waals surface area contributed by atoms with Crippen molar-refractivity contribution in [3.8, 4) is 5.75 Å². The lowest BCUT2D eigenvalue weighted by molar-refractivity contribution is -0.118. The van der Waals surface area contributed by atoms with E-state index < -0.39 is 0 Å². The molecule has 0 fully saturated rings. The van der Waals surface area contributed by atoms with Crippen LogP contribution in [0.25, 0.3) is 10.2 Å². The molecule has 0 radical (unpaired) electrons. The van der Waals surface area contributed by atoms with Crippen LogP contribution in [0.4, 0.5) is 5.13 Å². The van der Waals surface area contributed by atoms with Gasteiger partial charge in [0.25, 0.3) is 5.91 Å². The molecular weight excluding hydrogens is 324 g/mol. The summed E-state index contributed by atoms with van der Waals surface area (Å²) < 4.78 is 6.46. The summed E-state index contributed by atoms with van der Waals surface area (Å²) in [5.41, 5.74) is 2.56. The van der Waals surface area contributed by atoms with E-state index in [1.54, 1.807) is 24.3 Å². The highest BCUT2D eigenvalue weighted by atomic mass is 32.1. The summed E-state index contributed by atoms with van der Waals surface area (Å²) in [5, 5.41) is 3.28. The molecule has 5 nitrogen and oxygen atoms in total. The molecule has 0 atom stereocenters. The number of Topliss-reactive ketones (excluding diaryl/α,β-unsaturated/α-hetero) is 1. The Bertz CT molecular complexity index is 918. The minimum Gasteiger partial charge on any atom is -0.484 e. The Balaban J connectivity index is 1.62. The molecule has 24 heavy (non-hydrogen) atoms. The number of carbonyl (C=O) groups excluding carboxylic acids is 2. The Labute approximate surface area is 143 Å². The highest BCUT2D eigenvalue weighted by Gasteiger charge is 2.09. The number of thiazole rings is 1. The molecule has 0 bridgehead atoms. The van der Waals surface area contributed by atoms with Crippen LogP contribution in [0.5, 0.6) is 5.75 Å². The predicted octanol–water partition coefficient (Wildman–Crippen LogP) is 3.82. The molecule has 0 spiro atoms. The van der Waals surface area contributed by atoms with E-state index in [1.165, 1.54) is 18.3 Å². The lowest BCUT2D eigenvalue weighted by Gasteiger charge is -2.06. The van der Waals surface area contributed by atoms with Crippen molar-refractivity contribution in [2.24, 2.45) is 0 Å². The second kappa shape index (κ2) is 6.80. The van der Waals surface area contributed by atoms with Gasteiger partial charge in [0.1, 0.15) is 5.75 Å². The van der Waals surface area contributed by atoms with Crippen molar-refractivity contribution in [2.75, 3.05) is 11.9 Å². The molecule has 122 valence electrons.